The number of H-pyrrole nitrogens is 1. The Balaban J connectivity index is 1.58. The Morgan fingerprint density at radius 3 is 2.26 bits per heavy atom. The van der Waals surface area contributed by atoms with Crippen molar-refractivity contribution in [1.82, 2.24) is 4.98 Å². The summed E-state index contributed by atoms with van der Waals surface area (Å²) in [6.07, 6.45) is 1.86. The molecule has 0 saturated heterocycles. The Kier molecular flexibility index (Phi) is 4.78. The lowest BCUT2D eigenvalue weighted by Gasteiger charge is -2.07. The molecule has 0 unspecified atom stereocenters. The molecule has 114 valence electrons. The summed E-state index contributed by atoms with van der Waals surface area (Å²) in [6.45, 7) is 0.561. The molecule has 0 aliphatic rings. The van der Waals surface area contributed by atoms with Crippen molar-refractivity contribution >= 4 is 0 Å². The van der Waals surface area contributed by atoms with Gasteiger partial charge in [-0.1, -0.05) is 30.2 Å². The van der Waals surface area contributed by atoms with Gasteiger partial charge in [-0.2, -0.15) is 0 Å². The lowest BCUT2D eigenvalue weighted by molar-refractivity contribution is 0.281. The summed E-state index contributed by atoms with van der Waals surface area (Å²) in [6, 6.07) is 19.3. The lowest BCUT2D eigenvalue weighted by atomic mass is 10.1. The molecule has 3 nitrogen and oxygen atoms in total. The number of aliphatic hydroxyl groups is 1. The Hall–Kier alpha value is -2.96. The highest BCUT2D eigenvalue weighted by molar-refractivity contribution is 5.42. The third-order valence-electron chi connectivity index (χ3n) is 3.40. The van der Waals surface area contributed by atoms with E-state index in [9.17, 15) is 0 Å². The molecule has 0 saturated carbocycles. The number of ether oxygens (including phenoxy) is 1. The van der Waals surface area contributed by atoms with Gasteiger partial charge in [0.2, 0.25) is 0 Å². The fourth-order valence-corrected chi connectivity index (χ4v) is 2.09. The van der Waals surface area contributed by atoms with Gasteiger partial charge in [0, 0.05) is 11.8 Å². The minimum absolute atomic E-state index is 0.0616. The number of benzene rings is 2. The molecule has 2 aromatic carbocycles. The van der Waals surface area contributed by atoms with Crippen LogP contribution in [0.1, 0.15) is 22.4 Å². The minimum Gasteiger partial charge on any atom is -0.489 e. The average Bonchev–Trinajstić information content (AvgIpc) is 3.13. The quantitative estimate of drug-likeness (QED) is 0.725. The van der Waals surface area contributed by atoms with E-state index in [1.165, 1.54) is 0 Å². The van der Waals surface area contributed by atoms with Gasteiger partial charge in [0.15, 0.2) is 0 Å². The predicted octanol–water partition coefficient (Wildman–Crippen LogP) is 3.49. The second kappa shape index (κ2) is 7.35. The van der Waals surface area contributed by atoms with Crippen molar-refractivity contribution in [2.24, 2.45) is 0 Å². The smallest absolute Gasteiger partial charge is 0.119 e. The van der Waals surface area contributed by atoms with Crippen LogP contribution in [-0.4, -0.2) is 10.1 Å². The number of aliphatic hydroxyl groups excluding tert-OH is 1. The number of rotatable bonds is 4. The van der Waals surface area contributed by atoms with E-state index < -0.39 is 0 Å². The van der Waals surface area contributed by atoms with E-state index in [4.69, 9.17) is 9.84 Å². The molecule has 3 aromatic rings. The monoisotopic (exact) mass is 303 g/mol. The van der Waals surface area contributed by atoms with Crippen molar-refractivity contribution in [2.75, 3.05) is 0 Å². The summed E-state index contributed by atoms with van der Waals surface area (Å²) < 4.78 is 5.75. The van der Waals surface area contributed by atoms with Gasteiger partial charge in [-0.3, -0.25) is 0 Å². The summed E-state index contributed by atoms with van der Waals surface area (Å²) in [5.74, 6) is 6.97. The number of aromatic amines is 1. The van der Waals surface area contributed by atoms with Crippen molar-refractivity contribution < 1.29 is 9.84 Å². The summed E-state index contributed by atoms with van der Waals surface area (Å²) in [4.78, 5) is 3.05. The lowest BCUT2D eigenvalue weighted by Crippen LogP contribution is -1.95. The maximum absolute atomic E-state index is 9.02. The van der Waals surface area contributed by atoms with Crippen molar-refractivity contribution in [1.29, 1.82) is 0 Å². The molecule has 0 atom stereocenters. The first-order valence-electron chi connectivity index (χ1n) is 7.40. The van der Waals surface area contributed by atoms with Crippen LogP contribution >= 0.6 is 0 Å². The van der Waals surface area contributed by atoms with Gasteiger partial charge in [-0.15, -0.1) is 0 Å². The Morgan fingerprint density at radius 1 is 0.870 bits per heavy atom. The highest BCUT2D eigenvalue weighted by atomic mass is 16.5. The third kappa shape index (κ3) is 4.26. The molecule has 2 N–H and O–H groups in total. The van der Waals surface area contributed by atoms with Crippen LogP contribution in [0.5, 0.6) is 5.75 Å². The summed E-state index contributed by atoms with van der Waals surface area (Å²) in [5.41, 5.74) is 3.81. The maximum atomic E-state index is 9.02. The van der Waals surface area contributed by atoms with Crippen LogP contribution in [0.2, 0.25) is 0 Å². The minimum atomic E-state index is 0.0616. The zero-order valence-electron chi connectivity index (χ0n) is 12.6. The van der Waals surface area contributed by atoms with E-state index >= 15 is 0 Å². The molecule has 3 rings (SSSR count). The Morgan fingerprint density at radius 2 is 1.61 bits per heavy atom. The molecule has 0 spiro atoms. The zero-order chi connectivity index (χ0) is 15.9. The van der Waals surface area contributed by atoms with Gasteiger partial charge >= 0.3 is 0 Å². The summed E-state index contributed by atoms with van der Waals surface area (Å²) >= 11 is 0. The number of aromatic nitrogens is 1. The van der Waals surface area contributed by atoms with Crippen LogP contribution in [0.15, 0.2) is 66.9 Å². The molecule has 0 radical (unpaired) electrons. The van der Waals surface area contributed by atoms with Gasteiger partial charge in [-0.25, -0.2) is 0 Å². The number of hydrogen-bond acceptors (Lipinski definition) is 2. The van der Waals surface area contributed by atoms with Crippen molar-refractivity contribution in [3.63, 3.8) is 0 Å². The van der Waals surface area contributed by atoms with Crippen molar-refractivity contribution in [2.45, 2.75) is 13.2 Å². The second-order valence-electron chi connectivity index (χ2n) is 5.12. The van der Waals surface area contributed by atoms with E-state index in [1.807, 2.05) is 66.9 Å². The average molecular weight is 303 g/mol. The molecule has 0 amide bonds. The first-order chi connectivity index (χ1) is 11.3. The molecule has 0 aliphatic heterocycles. The molecule has 23 heavy (non-hydrogen) atoms. The molecule has 3 heteroatoms. The van der Waals surface area contributed by atoms with Crippen LogP contribution in [0.3, 0.4) is 0 Å². The van der Waals surface area contributed by atoms with Gasteiger partial charge in [0.25, 0.3) is 0 Å². The second-order valence-corrected chi connectivity index (χ2v) is 5.12. The SMILES string of the molecule is OCc1ccc(COc2ccc(C#Cc3ccc[nH]3)cc2)cc1. The zero-order valence-corrected chi connectivity index (χ0v) is 12.6. The van der Waals surface area contributed by atoms with Gasteiger partial charge in [0.1, 0.15) is 12.4 Å². The van der Waals surface area contributed by atoms with Gasteiger partial charge in [-0.05, 0) is 53.4 Å². The topological polar surface area (TPSA) is 45.2 Å². The van der Waals surface area contributed by atoms with Crippen LogP contribution in [0.25, 0.3) is 0 Å². The molecule has 1 aromatic heterocycles. The summed E-state index contributed by atoms with van der Waals surface area (Å²) in [7, 11) is 0. The van der Waals surface area contributed by atoms with Crippen LogP contribution in [0.4, 0.5) is 0 Å². The van der Waals surface area contributed by atoms with Gasteiger partial charge < -0.3 is 14.8 Å². The normalized spacial score (nSPS) is 9.96. The van der Waals surface area contributed by atoms with Crippen LogP contribution in [-0.2, 0) is 13.2 Å². The van der Waals surface area contributed by atoms with Crippen LogP contribution < -0.4 is 4.74 Å². The predicted molar refractivity (Wildman–Crippen MR) is 89.9 cm³/mol. The number of hydrogen-bond donors (Lipinski definition) is 2. The Labute approximate surface area is 135 Å². The number of nitrogens with one attached hydrogen (secondary N) is 1. The van der Waals surface area contributed by atoms with Gasteiger partial charge in [0.05, 0.1) is 12.3 Å². The fraction of sp³-hybridized carbons (Fsp3) is 0.100. The van der Waals surface area contributed by atoms with E-state index in [0.29, 0.717) is 6.61 Å². The molecular weight excluding hydrogens is 286 g/mol. The van der Waals surface area contributed by atoms with Crippen molar-refractivity contribution in [3.05, 3.63) is 89.2 Å². The first-order valence-corrected chi connectivity index (χ1v) is 7.40. The molecule has 0 bridgehead atoms. The van der Waals surface area contributed by atoms with E-state index in [-0.39, 0.29) is 6.61 Å². The highest BCUT2D eigenvalue weighted by Gasteiger charge is 1.97. The van der Waals surface area contributed by atoms with Crippen LogP contribution in [0, 0.1) is 11.8 Å². The van der Waals surface area contributed by atoms with E-state index in [1.54, 1.807) is 0 Å². The third-order valence-corrected chi connectivity index (χ3v) is 3.40. The molecular formula is C20H17NO2. The molecule has 0 aliphatic carbocycles. The highest BCUT2D eigenvalue weighted by Crippen LogP contribution is 2.14. The van der Waals surface area contributed by atoms with E-state index in [2.05, 4.69) is 16.8 Å². The maximum Gasteiger partial charge on any atom is 0.119 e. The standard InChI is InChI=1S/C20H17NO2/c22-14-17-3-5-18(6-4-17)15-23-20-11-8-16(9-12-20)7-10-19-2-1-13-21-19/h1-6,8-9,11-13,21-22H,14-15H2. The molecule has 0 fully saturated rings. The van der Waals surface area contributed by atoms with Crippen molar-refractivity contribution in [3.8, 4) is 17.6 Å². The fourth-order valence-electron chi connectivity index (χ4n) is 2.09. The van der Waals surface area contributed by atoms with E-state index in [0.717, 1.165) is 28.1 Å². The Bertz CT molecular complexity index is 792. The first kappa shape index (κ1) is 15.0. The molecule has 1 heterocycles. The largest absolute Gasteiger partial charge is 0.489 e. The summed E-state index contributed by atoms with van der Waals surface area (Å²) in [5, 5.41) is 9.02.